The van der Waals surface area contributed by atoms with Gasteiger partial charge in [-0.3, -0.25) is 0 Å². The maximum absolute atomic E-state index is 4.85. The summed E-state index contributed by atoms with van der Waals surface area (Å²) in [7, 11) is 2.01. The molecule has 0 radical (unpaired) electrons. The number of nitrogens with one attached hydrogen (secondary N) is 1. The Kier molecular flexibility index (Phi) is 4.81. The number of nitrogens with zero attached hydrogens (tertiary/aromatic N) is 2. The summed E-state index contributed by atoms with van der Waals surface area (Å²) >= 11 is 0. The lowest BCUT2D eigenvalue weighted by molar-refractivity contribution is 0.607. The highest BCUT2D eigenvalue weighted by Crippen LogP contribution is 2.30. The minimum absolute atomic E-state index is 0.689. The van der Waals surface area contributed by atoms with Crippen LogP contribution in [0.1, 0.15) is 49.4 Å². The number of aromatic nitrogens is 1. The lowest BCUT2D eigenvalue weighted by Crippen LogP contribution is -2.35. The molecule has 1 saturated carbocycles. The lowest BCUT2D eigenvalue weighted by Gasteiger charge is -2.31. The molecular formula is C16H27N3. The predicted octanol–water partition coefficient (Wildman–Crippen LogP) is 3.19. The number of pyridine rings is 1. The molecule has 1 aromatic heterocycles. The molecule has 0 amide bonds. The molecule has 0 aliphatic heterocycles. The maximum Gasteiger partial charge on any atom is 0.133 e. The highest BCUT2D eigenvalue weighted by molar-refractivity contribution is 5.52. The van der Waals surface area contributed by atoms with Gasteiger partial charge in [0.2, 0.25) is 0 Å². The molecule has 19 heavy (non-hydrogen) atoms. The Morgan fingerprint density at radius 2 is 2.00 bits per heavy atom. The van der Waals surface area contributed by atoms with Crippen LogP contribution in [-0.4, -0.2) is 24.6 Å². The average Bonchev–Trinajstić information content (AvgIpc) is 2.88. The summed E-state index contributed by atoms with van der Waals surface area (Å²) in [4.78, 5) is 7.38. The third-order valence-electron chi connectivity index (χ3n) is 4.19. The molecule has 0 atom stereocenters. The minimum Gasteiger partial charge on any atom is -0.354 e. The van der Waals surface area contributed by atoms with Crippen molar-refractivity contribution in [3.63, 3.8) is 0 Å². The van der Waals surface area contributed by atoms with Crippen LogP contribution < -0.4 is 10.2 Å². The van der Waals surface area contributed by atoms with Crippen molar-refractivity contribution < 1.29 is 0 Å². The quantitative estimate of drug-likeness (QED) is 0.882. The second-order valence-corrected chi connectivity index (χ2v) is 5.64. The van der Waals surface area contributed by atoms with Crippen LogP contribution in [0.2, 0.25) is 0 Å². The normalized spacial score (nSPS) is 16.0. The van der Waals surface area contributed by atoms with E-state index in [4.69, 9.17) is 4.98 Å². The van der Waals surface area contributed by atoms with Crippen molar-refractivity contribution >= 4 is 5.82 Å². The van der Waals surface area contributed by atoms with Crippen LogP contribution >= 0.6 is 0 Å². The predicted molar refractivity (Wildman–Crippen MR) is 81.8 cm³/mol. The molecule has 1 heterocycles. The van der Waals surface area contributed by atoms with E-state index in [1.807, 2.05) is 7.05 Å². The summed E-state index contributed by atoms with van der Waals surface area (Å²) in [6, 6.07) is 2.88. The maximum atomic E-state index is 4.85. The largest absolute Gasteiger partial charge is 0.354 e. The molecule has 1 aliphatic rings. The van der Waals surface area contributed by atoms with Gasteiger partial charge in [0.05, 0.1) is 0 Å². The van der Waals surface area contributed by atoms with E-state index in [0.717, 1.165) is 18.8 Å². The molecule has 1 fully saturated rings. The van der Waals surface area contributed by atoms with Gasteiger partial charge in [0.25, 0.3) is 0 Å². The Morgan fingerprint density at radius 1 is 1.32 bits per heavy atom. The van der Waals surface area contributed by atoms with E-state index in [-0.39, 0.29) is 0 Å². The fourth-order valence-electron chi connectivity index (χ4n) is 3.27. The molecule has 3 nitrogen and oxygen atoms in total. The number of anilines is 1. The van der Waals surface area contributed by atoms with E-state index < -0.39 is 0 Å². The van der Waals surface area contributed by atoms with Crippen molar-refractivity contribution in [2.75, 3.05) is 18.5 Å². The Hall–Kier alpha value is -1.09. The number of hydrogen-bond acceptors (Lipinski definition) is 3. The first-order chi connectivity index (χ1) is 9.17. The van der Waals surface area contributed by atoms with E-state index in [0.29, 0.717) is 6.04 Å². The molecule has 0 aromatic carbocycles. The van der Waals surface area contributed by atoms with E-state index >= 15 is 0 Å². The average molecular weight is 261 g/mol. The summed E-state index contributed by atoms with van der Waals surface area (Å²) in [6.45, 7) is 8.51. The lowest BCUT2D eigenvalue weighted by atomic mass is 10.1. The summed E-state index contributed by atoms with van der Waals surface area (Å²) < 4.78 is 0. The highest BCUT2D eigenvalue weighted by Gasteiger charge is 2.24. The van der Waals surface area contributed by atoms with Crippen molar-refractivity contribution in [3.8, 4) is 0 Å². The third kappa shape index (κ3) is 3.08. The van der Waals surface area contributed by atoms with Crippen LogP contribution in [0.15, 0.2) is 6.07 Å². The van der Waals surface area contributed by atoms with Gasteiger partial charge in [-0.2, -0.15) is 0 Å². The first-order valence-corrected chi connectivity index (χ1v) is 7.55. The smallest absolute Gasteiger partial charge is 0.133 e. The molecule has 0 saturated heterocycles. The zero-order chi connectivity index (χ0) is 13.8. The summed E-state index contributed by atoms with van der Waals surface area (Å²) in [5.74, 6) is 1.21. The fourth-order valence-corrected chi connectivity index (χ4v) is 3.27. The van der Waals surface area contributed by atoms with Crippen molar-refractivity contribution in [2.24, 2.45) is 0 Å². The molecule has 0 bridgehead atoms. The van der Waals surface area contributed by atoms with Gasteiger partial charge in [-0.1, -0.05) is 12.8 Å². The number of rotatable bonds is 5. The van der Waals surface area contributed by atoms with Gasteiger partial charge in [-0.25, -0.2) is 4.98 Å². The summed E-state index contributed by atoms with van der Waals surface area (Å²) in [6.07, 6.45) is 5.38. The fraction of sp³-hybridized carbons (Fsp3) is 0.688. The van der Waals surface area contributed by atoms with Gasteiger partial charge in [0, 0.05) is 30.4 Å². The first-order valence-electron chi connectivity index (χ1n) is 7.55. The highest BCUT2D eigenvalue weighted by atomic mass is 15.2. The van der Waals surface area contributed by atoms with Crippen LogP contribution in [0, 0.1) is 13.8 Å². The van der Waals surface area contributed by atoms with Crippen molar-refractivity contribution in [1.29, 1.82) is 0 Å². The Bertz CT molecular complexity index is 422. The molecule has 1 aliphatic carbocycles. The Morgan fingerprint density at radius 3 is 2.58 bits per heavy atom. The topological polar surface area (TPSA) is 28.2 Å². The molecular weight excluding hydrogens is 234 g/mol. The Balaban J connectivity index is 2.39. The van der Waals surface area contributed by atoms with Crippen molar-refractivity contribution in [1.82, 2.24) is 10.3 Å². The monoisotopic (exact) mass is 261 g/mol. The van der Waals surface area contributed by atoms with E-state index in [2.05, 4.69) is 37.1 Å². The molecule has 0 unspecified atom stereocenters. The van der Waals surface area contributed by atoms with E-state index in [1.165, 1.54) is 42.6 Å². The number of aryl methyl sites for hydroxylation is 2. The second kappa shape index (κ2) is 6.38. The molecule has 0 spiro atoms. The first kappa shape index (κ1) is 14.3. The van der Waals surface area contributed by atoms with Gasteiger partial charge in [0.1, 0.15) is 5.82 Å². The molecule has 2 rings (SSSR count). The zero-order valence-electron chi connectivity index (χ0n) is 12.8. The van der Waals surface area contributed by atoms with Crippen LogP contribution in [0.4, 0.5) is 5.82 Å². The van der Waals surface area contributed by atoms with Crippen molar-refractivity contribution in [3.05, 3.63) is 22.9 Å². The van der Waals surface area contributed by atoms with E-state index in [9.17, 15) is 0 Å². The molecule has 3 heteroatoms. The van der Waals surface area contributed by atoms with Crippen molar-refractivity contribution in [2.45, 2.75) is 59.0 Å². The second-order valence-electron chi connectivity index (χ2n) is 5.64. The van der Waals surface area contributed by atoms with Crippen LogP contribution in [-0.2, 0) is 6.54 Å². The molecule has 1 N–H and O–H groups in total. The molecule has 106 valence electrons. The van der Waals surface area contributed by atoms with Crippen LogP contribution in [0.5, 0.6) is 0 Å². The summed E-state index contributed by atoms with van der Waals surface area (Å²) in [5.41, 5.74) is 3.85. The minimum atomic E-state index is 0.689. The zero-order valence-corrected chi connectivity index (χ0v) is 12.8. The van der Waals surface area contributed by atoms with E-state index in [1.54, 1.807) is 0 Å². The number of hydrogen-bond donors (Lipinski definition) is 1. The van der Waals surface area contributed by atoms with Gasteiger partial charge in [-0.15, -0.1) is 0 Å². The SMILES string of the molecule is CCN(c1nc(C)cc(C)c1CNC)C1CCCC1. The molecule has 1 aromatic rings. The van der Waals surface area contributed by atoms with Crippen LogP contribution in [0.3, 0.4) is 0 Å². The van der Waals surface area contributed by atoms with Crippen LogP contribution in [0.25, 0.3) is 0 Å². The van der Waals surface area contributed by atoms with Gasteiger partial charge >= 0.3 is 0 Å². The van der Waals surface area contributed by atoms with Gasteiger partial charge < -0.3 is 10.2 Å². The Labute approximate surface area is 117 Å². The van der Waals surface area contributed by atoms with Gasteiger partial charge in [0.15, 0.2) is 0 Å². The summed E-state index contributed by atoms with van der Waals surface area (Å²) in [5, 5.41) is 3.29. The standard InChI is InChI=1S/C16H27N3/c1-5-19(14-8-6-7-9-14)16-15(11-17-4)12(2)10-13(3)18-16/h10,14,17H,5-9,11H2,1-4H3. The van der Waals surface area contributed by atoms with Gasteiger partial charge in [-0.05, 0) is 52.3 Å². The third-order valence-corrected chi connectivity index (χ3v) is 4.19.